The molecule has 4 unspecified atom stereocenters. The summed E-state index contributed by atoms with van der Waals surface area (Å²) in [5.74, 6) is -0.409. The van der Waals surface area contributed by atoms with Crippen LogP contribution in [0.4, 0.5) is 0 Å². The molecule has 6 heteroatoms. The molecule has 1 saturated carbocycles. The van der Waals surface area contributed by atoms with Gasteiger partial charge in [0.05, 0.1) is 6.10 Å². The molecular formula is C14H25N3O3. The third-order valence-electron chi connectivity index (χ3n) is 4.92. The molecule has 6 nitrogen and oxygen atoms in total. The third kappa shape index (κ3) is 1.93. The second kappa shape index (κ2) is 5.00. The van der Waals surface area contributed by atoms with Crippen molar-refractivity contribution in [3.8, 4) is 0 Å². The summed E-state index contributed by atoms with van der Waals surface area (Å²) in [6.07, 6.45) is 0.839. The molecule has 2 fully saturated rings. The molecular weight excluding hydrogens is 258 g/mol. The van der Waals surface area contributed by atoms with Gasteiger partial charge in [-0.15, -0.1) is 0 Å². The average Bonchev–Trinajstić information content (AvgIpc) is 2.85. The zero-order valence-electron chi connectivity index (χ0n) is 12.7. The van der Waals surface area contributed by atoms with Gasteiger partial charge in [-0.05, 0) is 20.3 Å². The van der Waals surface area contributed by atoms with Crippen LogP contribution in [0.5, 0.6) is 0 Å². The van der Waals surface area contributed by atoms with Crippen molar-refractivity contribution < 1.29 is 14.3 Å². The lowest BCUT2D eigenvalue weighted by atomic mass is 9.48. The highest BCUT2D eigenvalue weighted by atomic mass is 16.5. The van der Waals surface area contributed by atoms with E-state index in [2.05, 4.69) is 10.6 Å². The van der Waals surface area contributed by atoms with Crippen LogP contribution in [0.15, 0.2) is 0 Å². The zero-order chi connectivity index (χ0) is 15.1. The molecule has 20 heavy (non-hydrogen) atoms. The maximum Gasteiger partial charge on any atom is 0.242 e. The van der Waals surface area contributed by atoms with Crippen molar-refractivity contribution in [1.29, 1.82) is 0 Å². The lowest BCUT2D eigenvalue weighted by Crippen LogP contribution is -2.80. The minimum atomic E-state index is -0.963. The lowest BCUT2D eigenvalue weighted by molar-refractivity contribution is -0.176. The lowest BCUT2D eigenvalue weighted by Gasteiger charge is -2.60. The van der Waals surface area contributed by atoms with Crippen molar-refractivity contribution in [3.05, 3.63) is 0 Å². The normalized spacial score (nSPS) is 35.6. The van der Waals surface area contributed by atoms with Crippen LogP contribution in [0, 0.1) is 11.3 Å². The maximum atomic E-state index is 12.6. The fraction of sp³-hybridized carbons (Fsp3) is 0.857. The number of carbonyl (C=O) groups is 2. The van der Waals surface area contributed by atoms with E-state index in [1.807, 2.05) is 20.8 Å². The van der Waals surface area contributed by atoms with Crippen LogP contribution in [0.2, 0.25) is 0 Å². The van der Waals surface area contributed by atoms with Gasteiger partial charge in [-0.25, -0.2) is 0 Å². The van der Waals surface area contributed by atoms with E-state index >= 15 is 0 Å². The number of fused-ring (bicyclic) bond motifs is 1. The molecule has 0 aromatic heterocycles. The van der Waals surface area contributed by atoms with E-state index in [0.29, 0.717) is 13.2 Å². The van der Waals surface area contributed by atoms with Gasteiger partial charge in [0.1, 0.15) is 11.6 Å². The Morgan fingerprint density at radius 1 is 1.45 bits per heavy atom. The molecule has 114 valence electrons. The van der Waals surface area contributed by atoms with Crippen molar-refractivity contribution in [2.45, 2.75) is 51.8 Å². The van der Waals surface area contributed by atoms with Crippen LogP contribution in [-0.2, 0) is 14.3 Å². The second-order valence-corrected chi connectivity index (χ2v) is 6.37. The molecule has 0 spiro atoms. The molecule has 1 saturated heterocycles. The number of nitrogens with two attached hydrogens (primary N) is 1. The maximum absolute atomic E-state index is 12.6. The Morgan fingerprint density at radius 3 is 2.70 bits per heavy atom. The fourth-order valence-electron chi connectivity index (χ4n) is 3.55. The van der Waals surface area contributed by atoms with Gasteiger partial charge in [-0.3, -0.25) is 9.59 Å². The summed E-state index contributed by atoms with van der Waals surface area (Å²) in [5.41, 5.74) is 5.03. The van der Waals surface area contributed by atoms with Gasteiger partial charge in [0.15, 0.2) is 0 Å². The monoisotopic (exact) mass is 283 g/mol. The molecule has 1 heterocycles. The number of ether oxygens (including phenoxy) is 1. The fourth-order valence-corrected chi connectivity index (χ4v) is 3.55. The Hall–Kier alpha value is -1.14. The number of hydrogen-bond acceptors (Lipinski definition) is 4. The van der Waals surface area contributed by atoms with Gasteiger partial charge in [-0.2, -0.15) is 0 Å². The first-order valence-corrected chi connectivity index (χ1v) is 7.26. The highest BCUT2D eigenvalue weighted by Gasteiger charge is 2.71. The number of nitrogens with one attached hydrogen (secondary N) is 2. The number of likely N-dealkylation sites (N-methyl/N-ethyl adjacent to an activating group) is 1. The molecule has 2 rings (SSSR count). The summed E-state index contributed by atoms with van der Waals surface area (Å²) in [5, 5.41) is 5.43. The number of rotatable bonds is 4. The van der Waals surface area contributed by atoms with Gasteiger partial charge < -0.3 is 21.1 Å². The van der Waals surface area contributed by atoms with Crippen LogP contribution in [0.1, 0.15) is 34.1 Å². The summed E-state index contributed by atoms with van der Waals surface area (Å²) in [7, 11) is 0. The van der Waals surface area contributed by atoms with Crippen LogP contribution >= 0.6 is 0 Å². The van der Waals surface area contributed by atoms with Crippen LogP contribution < -0.4 is 16.4 Å². The second-order valence-electron chi connectivity index (χ2n) is 6.37. The molecule has 0 aromatic rings. The first-order valence-electron chi connectivity index (χ1n) is 7.26. The Bertz CT molecular complexity index is 424. The van der Waals surface area contributed by atoms with Gasteiger partial charge in [0, 0.05) is 24.5 Å². The van der Waals surface area contributed by atoms with E-state index in [1.165, 1.54) is 0 Å². The van der Waals surface area contributed by atoms with Gasteiger partial charge >= 0.3 is 0 Å². The predicted octanol–water partition coefficient (Wildman–Crippen LogP) is -0.230. The van der Waals surface area contributed by atoms with Crippen LogP contribution in [-0.4, -0.2) is 42.7 Å². The van der Waals surface area contributed by atoms with Crippen molar-refractivity contribution in [2.75, 3.05) is 13.2 Å². The molecule has 0 aromatic carbocycles. The molecule has 1 aliphatic carbocycles. The standard InChI is InChI=1S/C14H25N3O3/c1-5-16-11(18)8(2)17-12(19)14(15)9-6-7-20-10(9)13(14,3)4/h8-10H,5-7,15H2,1-4H3,(H,16,18)(H,17,19). The summed E-state index contributed by atoms with van der Waals surface area (Å²) in [6, 6.07) is -0.583. The molecule has 0 bridgehead atoms. The van der Waals surface area contributed by atoms with Gasteiger partial charge in [0.2, 0.25) is 11.8 Å². The topological polar surface area (TPSA) is 93.5 Å². The SMILES string of the molecule is CCNC(=O)C(C)NC(=O)C1(N)C2CCOC2C1(C)C. The van der Waals surface area contributed by atoms with Crippen LogP contribution in [0.25, 0.3) is 0 Å². The van der Waals surface area contributed by atoms with Crippen LogP contribution in [0.3, 0.4) is 0 Å². The molecule has 4 atom stereocenters. The summed E-state index contributed by atoms with van der Waals surface area (Å²) in [6.45, 7) is 8.60. The van der Waals surface area contributed by atoms with Crippen molar-refractivity contribution >= 4 is 11.8 Å². The molecule has 1 aliphatic heterocycles. The molecule has 0 radical (unpaired) electrons. The highest BCUT2D eigenvalue weighted by molar-refractivity contribution is 5.93. The molecule has 4 N–H and O–H groups in total. The zero-order valence-corrected chi connectivity index (χ0v) is 12.7. The van der Waals surface area contributed by atoms with Crippen molar-refractivity contribution in [2.24, 2.45) is 17.1 Å². The first kappa shape index (κ1) is 15.3. The van der Waals surface area contributed by atoms with Crippen molar-refractivity contribution in [1.82, 2.24) is 10.6 Å². The van der Waals surface area contributed by atoms with E-state index in [4.69, 9.17) is 10.5 Å². The molecule has 2 aliphatic rings. The largest absolute Gasteiger partial charge is 0.377 e. The minimum absolute atomic E-state index is 0.0398. The summed E-state index contributed by atoms with van der Waals surface area (Å²) in [4.78, 5) is 24.3. The summed E-state index contributed by atoms with van der Waals surface area (Å²) < 4.78 is 5.66. The van der Waals surface area contributed by atoms with E-state index in [1.54, 1.807) is 6.92 Å². The Balaban J connectivity index is 2.07. The number of carbonyl (C=O) groups excluding carboxylic acids is 2. The number of hydrogen-bond donors (Lipinski definition) is 3. The smallest absolute Gasteiger partial charge is 0.242 e. The minimum Gasteiger partial charge on any atom is -0.377 e. The predicted molar refractivity (Wildman–Crippen MR) is 74.8 cm³/mol. The van der Waals surface area contributed by atoms with Crippen molar-refractivity contribution in [3.63, 3.8) is 0 Å². The Kier molecular flexibility index (Phi) is 3.81. The van der Waals surface area contributed by atoms with Gasteiger partial charge in [0.25, 0.3) is 0 Å². The quantitative estimate of drug-likeness (QED) is 0.664. The number of amides is 2. The average molecular weight is 283 g/mol. The third-order valence-corrected chi connectivity index (χ3v) is 4.92. The first-order chi connectivity index (χ1) is 9.26. The van der Waals surface area contributed by atoms with E-state index in [9.17, 15) is 9.59 Å². The summed E-state index contributed by atoms with van der Waals surface area (Å²) >= 11 is 0. The van der Waals surface area contributed by atoms with E-state index in [-0.39, 0.29) is 23.8 Å². The Labute approximate surface area is 119 Å². The van der Waals surface area contributed by atoms with E-state index < -0.39 is 17.0 Å². The Morgan fingerprint density at radius 2 is 2.10 bits per heavy atom. The highest BCUT2D eigenvalue weighted by Crippen LogP contribution is 2.58. The molecule has 2 amide bonds. The van der Waals surface area contributed by atoms with E-state index in [0.717, 1.165) is 6.42 Å². The van der Waals surface area contributed by atoms with Gasteiger partial charge in [-0.1, -0.05) is 13.8 Å².